The van der Waals surface area contributed by atoms with Crippen molar-refractivity contribution in [3.8, 4) is 0 Å². The highest BCUT2D eigenvalue weighted by molar-refractivity contribution is 5.85. The minimum absolute atomic E-state index is 0. The summed E-state index contributed by atoms with van der Waals surface area (Å²) in [4.78, 5) is 3.13. The maximum absolute atomic E-state index is 12.5. The Morgan fingerprint density at radius 1 is 1.42 bits per heavy atom. The van der Waals surface area contributed by atoms with Crippen molar-refractivity contribution in [2.75, 3.05) is 5.73 Å². The molecule has 0 spiro atoms. The average Bonchev–Trinajstić information content (AvgIpc) is 1.85. The van der Waals surface area contributed by atoms with Crippen molar-refractivity contribution < 1.29 is 13.2 Å². The Morgan fingerprint density at radius 2 is 2.00 bits per heavy atom. The van der Waals surface area contributed by atoms with Crippen molar-refractivity contribution in [2.45, 2.75) is 6.43 Å². The van der Waals surface area contributed by atoms with E-state index in [2.05, 4.69) is 4.98 Å². The molecule has 68 valence electrons. The fourth-order valence-corrected chi connectivity index (χ4v) is 0.624. The first-order valence-electron chi connectivity index (χ1n) is 2.80. The number of alkyl halides is 2. The Kier molecular flexibility index (Phi) is 3.82. The number of aromatic nitrogens is 1. The van der Waals surface area contributed by atoms with E-state index in [0.717, 1.165) is 12.3 Å². The van der Waals surface area contributed by atoms with Gasteiger partial charge in [0, 0.05) is 6.07 Å². The second-order valence-electron chi connectivity index (χ2n) is 1.94. The van der Waals surface area contributed by atoms with Crippen LogP contribution in [0.25, 0.3) is 0 Å². The van der Waals surface area contributed by atoms with E-state index in [4.69, 9.17) is 5.73 Å². The summed E-state index contributed by atoms with van der Waals surface area (Å²) < 4.78 is 36.1. The molecule has 6 heteroatoms. The fraction of sp³-hybridized carbons (Fsp3) is 0.167. The first-order valence-corrected chi connectivity index (χ1v) is 2.80. The number of anilines is 1. The van der Waals surface area contributed by atoms with Crippen molar-refractivity contribution in [1.29, 1.82) is 0 Å². The largest absolute Gasteiger partial charge is 0.397 e. The van der Waals surface area contributed by atoms with Crippen LogP contribution in [0.3, 0.4) is 0 Å². The van der Waals surface area contributed by atoms with Gasteiger partial charge in [0.15, 0.2) is 5.82 Å². The third kappa shape index (κ3) is 2.27. The summed E-state index contributed by atoms with van der Waals surface area (Å²) >= 11 is 0. The van der Waals surface area contributed by atoms with Crippen LogP contribution in [0, 0.1) is 5.82 Å². The van der Waals surface area contributed by atoms with Gasteiger partial charge in [-0.3, -0.25) is 4.98 Å². The van der Waals surface area contributed by atoms with E-state index >= 15 is 0 Å². The van der Waals surface area contributed by atoms with E-state index < -0.39 is 17.9 Å². The van der Waals surface area contributed by atoms with Crippen LogP contribution in [0.2, 0.25) is 0 Å². The molecule has 12 heavy (non-hydrogen) atoms. The smallest absolute Gasteiger partial charge is 0.283 e. The number of nitrogens with zero attached hydrogens (tertiary/aromatic N) is 1. The van der Waals surface area contributed by atoms with E-state index in [-0.39, 0.29) is 18.1 Å². The minimum atomic E-state index is -2.89. The van der Waals surface area contributed by atoms with Crippen LogP contribution in [0.5, 0.6) is 0 Å². The molecule has 2 N–H and O–H groups in total. The van der Waals surface area contributed by atoms with Crippen LogP contribution in [-0.4, -0.2) is 4.98 Å². The predicted octanol–water partition coefficient (Wildman–Crippen LogP) is 2.16. The number of nitrogens with two attached hydrogens (primary N) is 1. The molecule has 0 saturated heterocycles. The maximum Gasteiger partial charge on any atom is 0.283 e. The molecule has 0 aliphatic heterocycles. The van der Waals surface area contributed by atoms with Crippen LogP contribution in [0.4, 0.5) is 18.9 Å². The summed E-state index contributed by atoms with van der Waals surface area (Å²) in [5.41, 5.74) is 4.25. The standard InChI is InChI=1S/C6H5F3N2.ClH/c7-4-1-3(10)2-11-5(4)6(8)9;/h1-2,6H,10H2;1H. The van der Waals surface area contributed by atoms with E-state index in [0.29, 0.717) is 0 Å². The molecule has 0 aliphatic rings. The molecule has 0 fully saturated rings. The number of pyridine rings is 1. The molecule has 1 heterocycles. The second kappa shape index (κ2) is 4.15. The van der Waals surface area contributed by atoms with Crippen molar-refractivity contribution >= 4 is 18.1 Å². The van der Waals surface area contributed by atoms with Gasteiger partial charge in [0.1, 0.15) is 5.69 Å². The molecule has 0 bridgehead atoms. The zero-order chi connectivity index (χ0) is 8.43. The lowest BCUT2D eigenvalue weighted by molar-refractivity contribution is 0.140. The Bertz CT molecular complexity index is 267. The third-order valence-corrected chi connectivity index (χ3v) is 1.10. The summed E-state index contributed by atoms with van der Waals surface area (Å²) in [6.07, 6.45) is -1.90. The van der Waals surface area contributed by atoms with Gasteiger partial charge in [-0.2, -0.15) is 0 Å². The lowest BCUT2D eigenvalue weighted by atomic mass is 10.3. The van der Waals surface area contributed by atoms with Crippen LogP contribution < -0.4 is 5.73 Å². The van der Waals surface area contributed by atoms with Crippen LogP contribution in [0.1, 0.15) is 12.1 Å². The van der Waals surface area contributed by atoms with Crippen LogP contribution >= 0.6 is 12.4 Å². The van der Waals surface area contributed by atoms with E-state index in [9.17, 15) is 13.2 Å². The second-order valence-corrected chi connectivity index (χ2v) is 1.94. The van der Waals surface area contributed by atoms with Crippen molar-refractivity contribution in [2.24, 2.45) is 0 Å². The summed E-state index contributed by atoms with van der Waals surface area (Å²) in [6, 6.07) is 0.814. The molecule has 0 radical (unpaired) electrons. The van der Waals surface area contributed by atoms with Crippen molar-refractivity contribution in [1.82, 2.24) is 4.98 Å². The van der Waals surface area contributed by atoms with Gasteiger partial charge in [-0.1, -0.05) is 0 Å². The Hall–Kier alpha value is -0.970. The maximum atomic E-state index is 12.5. The number of rotatable bonds is 1. The molecular formula is C6H6ClF3N2. The number of hydrogen-bond donors (Lipinski definition) is 1. The molecular weight excluding hydrogens is 193 g/mol. The number of nitrogen functional groups attached to an aromatic ring is 1. The number of halogens is 4. The monoisotopic (exact) mass is 198 g/mol. The SMILES string of the molecule is Cl.Nc1cnc(C(F)F)c(F)c1. The molecule has 1 aromatic rings. The lowest BCUT2D eigenvalue weighted by Crippen LogP contribution is -1.97. The van der Waals surface area contributed by atoms with Gasteiger partial charge in [0.25, 0.3) is 6.43 Å². The lowest BCUT2D eigenvalue weighted by Gasteiger charge is -1.99. The van der Waals surface area contributed by atoms with Gasteiger partial charge < -0.3 is 5.73 Å². The highest BCUT2D eigenvalue weighted by Gasteiger charge is 2.14. The molecule has 0 unspecified atom stereocenters. The molecule has 0 atom stereocenters. The van der Waals surface area contributed by atoms with Crippen LogP contribution in [0.15, 0.2) is 12.3 Å². The topological polar surface area (TPSA) is 38.9 Å². The highest BCUT2D eigenvalue weighted by Crippen LogP contribution is 2.20. The Labute approximate surface area is 73.0 Å². The minimum Gasteiger partial charge on any atom is -0.397 e. The summed E-state index contributed by atoms with van der Waals surface area (Å²) in [5.74, 6) is -1.07. The number of hydrogen-bond acceptors (Lipinski definition) is 2. The molecule has 1 aromatic heterocycles. The first kappa shape index (κ1) is 11.0. The van der Waals surface area contributed by atoms with Gasteiger partial charge in [-0.05, 0) is 0 Å². The highest BCUT2D eigenvalue weighted by atomic mass is 35.5. The summed E-state index contributed by atoms with van der Waals surface area (Å²) in [6.45, 7) is 0. The van der Waals surface area contributed by atoms with Crippen molar-refractivity contribution in [3.05, 3.63) is 23.8 Å². The molecule has 0 amide bonds. The van der Waals surface area contributed by atoms with Gasteiger partial charge in [-0.15, -0.1) is 12.4 Å². The molecule has 0 aliphatic carbocycles. The quantitative estimate of drug-likeness (QED) is 0.751. The van der Waals surface area contributed by atoms with Gasteiger partial charge in [-0.25, -0.2) is 13.2 Å². The normalized spacial score (nSPS) is 9.67. The Balaban J connectivity index is 0.00000121. The zero-order valence-corrected chi connectivity index (χ0v) is 6.62. The Morgan fingerprint density at radius 3 is 2.42 bits per heavy atom. The average molecular weight is 199 g/mol. The predicted molar refractivity (Wildman–Crippen MR) is 40.8 cm³/mol. The fourth-order valence-electron chi connectivity index (χ4n) is 0.624. The molecule has 0 aromatic carbocycles. The van der Waals surface area contributed by atoms with E-state index in [1.54, 1.807) is 0 Å². The summed E-state index contributed by atoms with van der Waals surface area (Å²) in [7, 11) is 0. The van der Waals surface area contributed by atoms with Gasteiger partial charge in [0.05, 0.1) is 11.9 Å². The first-order chi connectivity index (χ1) is 5.11. The van der Waals surface area contributed by atoms with E-state index in [1.807, 2.05) is 0 Å². The molecule has 0 saturated carbocycles. The van der Waals surface area contributed by atoms with Crippen LogP contribution in [-0.2, 0) is 0 Å². The molecule has 2 nitrogen and oxygen atoms in total. The van der Waals surface area contributed by atoms with Crippen molar-refractivity contribution in [3.63, 3.8) is 0 Å². The third-order valence-electron chi connectivity index (χ3n) is 1.10. The van der Waals surface area contributed by atoms with Gasteiger partial charge in [0.2, 0.25) is 0 Å². The zero-order valence-electron chi connectivity index (χ0n) is 5.80. The molecule has 1 rings (SSSR count). The van der Waals surface area contributed by atoms with E-state index in [1.165, 1.54) is 0 Å². The summed E-state index contributed by atoms with van der Waals surface area (Å²) in [5, 5.41) is 0. The van der Waals surface area contributed by atoms with Gasteiger partial charge >= 0.3 is 0 Å².